The molecule has 0 aromatic rings. The Hall–Kier alpha value is -0.0800. The molecular formula is C12H29NO. The van der Waals surface area contributed by atoms with Crippen molar-refractivity contribution in [3.8, 4) is 0 Å². The molecule has 0 bridgehead atoms. The second-order valence-electron chi connectivity index (χ2n) is 4.07. The standard InChI is InChI=1S/C8H17NO.2C2H6/c1-7-4-5-9(10)6-8(7,2)3;2*1-2/h7,10H,4-6H2,1-3H3;2*1-2H3. The first-order valence-electron chi connectivity index (χ1n) is 5.96. The fourth-order valence-electron chi connectivity index (χ4n) is 1.44. The van der Waals surface area contributed by atoms with Crippen molar-refractivity contribution in [2.75, 3.05) is 13.1 Å². The number of piperidine rings is 1. The highest BCUT2D eigenvalue weighted by Crippen LogP contribution is 2.33. The van der Waals surface area contributed by atoms with Gasteiger partial charge in [0, 0.05) is 13.1 Å². The van der Waals surface area contributed by atoms with Crippen molar-refractivity contribution in [2.45, 2.75) is 54.9 Å². The van der Waals surface area contributed by atoms with Crippen LogP contribution in [0.5, 0.6) is 0 Å². The summed E-state index contributed by atoms with van der Waals surface area (Å²) >= 11 is 0. The maximum Gasteiger partial charge on any atom is 0.0292 e. The normalized spacial score (nSPS) is 25.3. The van der Waals surface area contributed by atoms with Gasteiger partial charge in [-0.3, -0.25) is 0 Å². The molecule has 1 aliphatic rings. The van der Waals surface area contributed by atoms with Crippen molar-refractivity contribution < 1.29 is 5.21 Å². The SMILES string of the molecule is CC.CC.CC1CCN(O)CC1(C)C. The van der Waals surface area contributed by atoms with E-state index in [1.807, 2.05) is 27.7 Å². The summed E-state index contributed by atoms with van der Waals surface area (Å²) in [5.74, 6) is 0.732. The van der Waals surface area contributed by atoms with E-state index >= 15 is 0 Å². The van der Waals surface area contributed by atoms with Crippen LogP contribution >= 0.6 is 0 Å². The van der Waals surface area contributed by atoms with Crippen LogP contribution in [0.3, 0.4) is 0 Å². The fraction of sp³-hybridized carbons (Fsp3) is 1.00. The molecule has 88 valence electrons. The van der Waals surface area contributed by atoms with Crippen molar-refractivity contribution in [3.05, 3.63) is 0 Å². The Morgan fingerprint density at radius 1 is 1.14 bits per heavy atom. The second-order valence-corrected chi connectivity index (χ2v) is 4.07. The topological polar surface area (TPSA) is 23.5 Å². The Labute approximate surface area is 90.3 Å². The van der Waals surface area contributed by atoms with E-state index in [1.54, 1.807) is 0 Å². The third kappa shape index (κ3) is 5.61. The number of hydroxylamine groups is 2. The molecule has 1 aliphatic heterocycles. The maximum atomic E-state index is 9.20. The summed E-state index contributed by atoms with van der Waals surface area (Å²) in [5.41, 5.74) is 0.285. The molecule has 0 amide bonds. The number of nitrogens with zero attached hydrogens (tertiary/aromatic N) is 1. The molecule has 1 N–H and O–H groups in total. The highest BCUT2D eigenvalue weighted by atomic mass is 16.5. The zero-order valence-corrected chi connectivity index (χ0v) is 11.1. The van der Waals surface area contributed by atoms with Crippen LogP contribution in [0, 0.1) is 11.3 Å². The van der Waals surface area contributed by atoms with Crippen molar-refractivity contribution in [1.29, 1.82) is 0 Å². The quantitative estimate of drug-likeness (QED) is 0.647. The molecule has 0 spiro atoms. The molecule has 0 aromatic heterocycles. The molecule has 0 saturated carbocycles. The van der Waals surface area contributed by atoms with Gasteiger partial charge in [0.15, 0.2) is 0 Å². The van der Waals surface area contributed by atoms with Gasteiger partial charge in [0.25, 0.3) is 0 Å². The number of rotatable bonds is 0. The van der Waals surface area contributed by atoms with Crippen LogP contribution in [0.15, 0.2) is 0 Å². The Bertz CT molecular complexity index is 123. The third-order valence-electron chi connectivity index (χ3n) is 2.74. The molecule has 1 saturated heterocycles. The molecule has 2 heteroatoms. The zero-order valence-electron chi connectivity index (χ0n) is 11.1. The first-order chi connectivity index (χ1) is 6.52. The van der Waals surface area contributed by atoms with Crippen molar-refractivity contribution in [3.63, 3.8) is 0 Å². The van der Waals surface area contributed by atoms with Gasteiger partial charge in [0.1, 0.15) is 0 Å². The van der Waals surface area contributed by atoms with E-state index in [0.29, 0.717) is 0 Å². The Morgan fingerprint density at radius 2 is 1.57 bits per heavy atom. The smallest absolute Gasteiger partial charge is 0.0292 e. The first kappa shape index (κ1) is 16.4. The predicted octanol–water partition coefficient (Wildman–Crippen LogP) is 3.80. The number of hydrogen-bond acceptors (Lipinski definition) is 2. The molecule has 0 aliphatic carbocycles. The molecule has 2 nitrogen and oxygen atoms in total. The highest BCUT2D eigenvalue weighted by Gasteiger charge is 2.31. The monoisotopic (exact) mass is 203 g/mol. The minimum absolute atomic E-state index is 0.285. The molecule has 1 unspecified atom stereocenters. The predicted molar refractivity (Wildman–Crippen MR) is 63.6 cm³/mol. The minimum Gasteiger partial charge on any atom is -0.314 e. The highest BCUT2D eigenvalue weighted by molar-refractivity contribution is 4.81. The van der Waals surface area contributed by atoms with Gasteiger partial charge in [-0.05, 0) is 17.8 Å². The lowest BCUT2D eigenvalue weighted by atomic mass is 9.76. The average molecular weight is 203 g/mol. The van der Waals surface area contributed by atoms with Crippen LogP contribution in [-0.4, -0.2) is 23.4 Å². The third-order valence-corrected chi connectivity index (χ3v) is 2.74. The van der Waals surface area contributed by atoms with Crippen LogP contribution in [0.4, 0.5) is 0 Å². The van der Waals surface area contributed by atoms with Crippen molar-refractivity contribution >= 4 is 0 Å². The fourth-order valence-corrected chi connectivity index (χ4v) is 1.44. The minimum atomic E-state index is 0.285. The summed E-state index contributed by atoms with van der Waals surface area (Å²) in [6.07, 6.45) is 1.11. The van der Waals surface area contributed by atoms with Crippen LogP contribution in [0.2, 0.25) is 0 Å². The summed E-state index contributed by atoms with van der Waals surface area (Å²) in [5, 5.41) is 10.6. The van der Waals surface area contributed by atoms with Gasteiger partial charge in [-0.25, -0.2) is 0 Å². The van der Waals surface area contributed by atoms with E-state index in [9.17, 15) is 5.21 Å². The Kier molecular flexibility index (Phi) is 9.63. The van der Waals surface area contributed by atoms with Gasteiger partial charge in [-0.2, -0.15) is 5.06 Å². The van der Waals surface area contributed by atoms with Crippen LogP contribution in [0.25, 0.3) is 0 Å². The van der Waals surface area contributed by atoms with E-state index in [-0.39, 0.29) is 5.41 Å². The summed E-state index contributed by atoms with van der Waals surface area (Å²) in [7, 11) is 0. The Balaban J connectivity index is 0. The van der Waals surface area contributed by atoms with Gasteiger partial charge in [-0.1, -0.05) is 48.5 Å². The maximum absolute atomic E-state index is 9.20. The van der Waals surface area contributed by atoms with Gasteiger partial charge >= 0.3 is 0 Å². The van der Waals surface area contributed by atoms with Crippen LogP contribution < -0.4 is 0 Å². The molecule has 1 atom stereocenters. The van der Waals surface area contributed by atoms with Crippen molar-refractivity contribution in [2.24, 2.45) is 11.3 Å². The van der Waals surface area contributed by atoms with Gasteiger partial charge < -0.3 is 5.21 Å². The van der Waals surface area contributed by atoms with Crippen LogP contribution in [-0.2, 0) is 0 Å². The largest absolute Gasteiger partial charge is 0.314 e. The van der Waals surface area contributed by atoms with Gasteiger partial charge in [-0.15, -0.1) is 0 Å². The molecule has 14 heavy (non-hydrogen) atoms. The molecule has 0 aromatic carbocycles. The lowest BCUT2D eigenvalue weighted by molar-refractivity contribution is -0.146. The lowest BCUT2D eigenvalue weighted by Crippen LogP contribution is -2.42. The van der Waals surface area contributed by atoms with E-state index < -0.39 is 0 Å². The summed E-state index contributed by atoms with van der Waals surface area (Å²) in [6.45, 7) is 16.3. The molecule has 0 radical (unpaired) electrons. The second kappa shape index (κ2) is 8.25. The molecule has 1 heterocycles. The van der Waals surface area contributed by atoms with Gasteiger partial charge in [0.05, 0.1) is 0 Å². The molecule has 1 rings (SSSR count). The summed E-state index contributed by atoms with van der Waals surface area (Å²) in [4.78, 5) is 0. The summed E-state index contributed by atoms with van der Waals surface area (Å²) in [6, 6.07) is 0. The summed E-state index contributed by atoms with van der Waals surface area (Å²) < 4.78 is 0. The van der Waals surface area contributed by atoms with E-state index in [1.165, 1.54) is 5.06 Å². The lowest BCUT2D eigenvalue weighted by Gasteiger charge is -2.39. The molecular weight excluding hydrogens is 174 g/mol. The van der Waals surface area contributed by atoms with E-state index in [4.69, 9.17) is 0 Å². The van der Waals surface area contributed by atoms with E-state index in [2.05, 4.69) is 20.8 Å². The Morgan fingerprint density at radius 3 is 1.86 bits per heavy atom. The van der Waals surface area contributed by atoms with Gasteiger partial charge in [0.2, 0.25) is 0 Å². The molecule has 1 fully saturated rings. The average Bonchev–Trinajstić information content (AvgIpc) is 2.18. The van der Waals surface area contributed by atoms with Crippen molar-refractivity contribution in [1.82, 2.24) is 5.06 Å². The number of hydrogen-bond donors (Lipinski definition) is 1. The first-order valence-corrected chi connectivity index (χ1v) is 5.96. The van der Waals surface area contributed by atoms with E-state index in [0.717, 1.165) is 25.4 Å². The zero-order chi connectivity index (χ0) is 11.8. The van der Waals surface area contributed by atoms with Crippen LogP contribution in [0.1, 0.15) is 54.9 Å².